The molecule has 2 amide bonds. The lowest BCUT2D eigenvalue weighted by atomic mass is 10.1. The largest absolute Gasteiger partial charge is 0.480 e. The van der Waals surface area contributed by atoms with Gasteiger partial charge in [-0.25, -0.2) is 19.8 Å². The van der Waals surface area contributed by atoms with Crippen molar-refractivity contribution in [1.82, 2.24) is 19.9 Å². The van der Waals surface area contributed by atoms with Crippen molar-refractivity contribution in [2.45, 2.75) is 71.9 Å². The van der Waals surface area contributed by atoms with Crippen molar-refractivity contribution >= 4 is 37.4 Å². The smallest absolute Gasteiger partial charge is 0.426 e. The standard InChI is InChI=1S/C29H43N6O11P/c1-6-44-47(42,45-7-2)16-14-22(25(37)38)35(17-21(30)26(39)46-29(3,4)5)24(36)18-34-15-13-23(31-27(34)40)32-33-28(41)43-19-20-11-9-8-10-12-20/h8-13,15,21-22H,6-7,14,16-19,30H2,1-5H3,(H,33,41)(H,37,38)(H,31,32,40)/t21?,22-/m1/s1. The van der Waals surface area contributed by atoms with Gasteiger partial charge >= 0.3 is 31.3 Å². The molecule has 5 N–H and O–H groups in total. The van der Waals surface area contributed by atoms with Crippen LogP contribution >= 0.6 is 7.60 Å². The Hall–Kier alpha value is -4.31. The van der Waals surface area contributed by atoms with Gasteiger partial charge in [0.15, 0.2) is 5.82 Å². The molecular weight excluding hydrogens is 639 g/mol. The van der Waals surface area contributed by atoms with Crippen LogP contribution < -0.4 is 22.3 Å². The highest BCUT2D eigenvalue weighted by Crippen LogP contribution is 2.48. The predicted molar refractivity (Wildman–Crippen MR) is 169 cm³/mol. The molecule has 0 bridgehead atoms. The number of carbonyl (C=O) groups excluding carboxylic acids is 3. The number of nitrogens with zero attached hydrogens (tertiary/aromatic N) is 3. The zero-order valence-corrected chi connectivity index (χ0v) is 27.9. The Balaban J connectivity index is 2.22. The van der Waals surface area contributed by atoms with Crippen LogP contribution in [-0.4, -0.2) is 87.1 Å². The molecule has 47 heavy (non-hydrogen) atoms. The van der Waals surface area contributed by atoms with E-state index >= 15 is 0 Å². The Bertz CT molecular complexity index is 1450. The van der Waals surface area contributed by atoms with Crippen LogP contribution in [0.1, 0.15) is 46.6 Å². The summed E-state index contributed by atoms with van der Waals surface area (Å²) < 4.78 is 34.8. The fourth-order valence-electron chi connectivity index (χ4n) is 4.05. The fraction of sp³-hybridized carbons (Fsp3) is 0.517. The first-order valence-corrected chi connectivity index (χ1v) is 16.5. The molecule has 0 aliphatic carbocycles. The van der Waals surface area contributed by atoms with Crippen LogP contribution in [0.15, 0.2) is 47.4 Å². The minimum atomic E-state index is -3.71. The maximum atomic E-state index is 13.6. The number of hydrogen-bond donors (Lipinski definition) is 4. The number of carboxylic acids is 1. The third kappa shape index (κ3) is 13.5. The van der Waals surface area contributed by atoms with E-state index in [2.05, 4.69) is 15.8 Å². The van der Waals surface area contributed by atoms with E-state index in [-0.39, 0.29) is 38.2 Å². The molecule has 0 aliphatic rings. The van der Waals surface area contributed by atoms with E-state index in [1.165, 1.54) is 12.3 Å². The van der Waals surface area contributed by atoms with E-state index in [0.29, 0.717) is 0 Å². The number of ether oxygens (including phenoxy) is 2. The summed E-state index contributed by atoms with van der Waals surface area (Å²) in [5, 5.41) is 10.1. The second kappa shape index (κ2) is 18.1. The predicted octanol–water partition coefficient (Wildman–Crippen LogP) is 2.10. The van der Waals surface area contributed by atoms with E-state index in [9.17, 15) is 33.6 Å². The molecule has 260 valence electrons. The first-order valence-electron chi connectivity index (χ1n) is 14.8. The molecule has 2 aromatic rings. The van der Waals surface area contributed by atoms with Gasteiger partial charge in [-0.05, 0) is 52.7 Å². The van der Waals surface area contributed by atoms with Crippen molar-refractivity contribution in [2.24, 2.45) is 5.73 Å². The molecule has 0 radical (unpaired) electrons. The van der Waals surface area contributed by atoms with Gasteiger partial charge in [0.1, 0.15) is 30.8 Å². The first kappa shape index (κ1) is 38.9. The molecule has 2 atom stereocenters. The third-order valence-electron chi connectivity index (χ3n) is 6.10. The molecule has 17 nitrogen and oxygen atoms in total. The van der Waals surface area contributed by atoms with Crippen LogP contribution in [0.2, 0.25) is 0 Å². The molecule has 0 fully saturated rings. The number of benzene rings is 1. The van der Waals surface area contributed by atoms with Gasteiger partial charge < -0.3 is 34.3 Å². The number of aromatic nitrogens is 2. The van der Waals surface area contributed by atoms with Crippen LogP contribution in [0.25, 0.3) is 0 Å². The van der Waals surface area contributed by atoms with Crippen molar-refractivity contribution < 1.29 is 47.4 Å². The summed E-state index contributed by atoms with van der Waals surface area (Å²) in [6.07, 6.45) is -0.404. The summed E-state index contributed by atoms with van der Waals surface area (Å²) in [6.45, 7) is 6.80. The average molecular weight is 683 g/mol. The summed E-state index contributed by atoms with van der Waals surface area (Å²) >= 11 is 0. The maximum absolute atomic E-state index is 13.6. The quantitative estimate of drug-likeness (QED) is 0.100. The highest BCUT2D eigenvalue weighted by atomic mass is 31.2. The van der Waals surface area contributed by atoms with Gasteiger partial charge in [-0.2, -0.15) is 4.98 Å². The normalized spacial score (nSPS) is 12.8. The number of anilines is 1. The summed E-state index contributed by atoms with van der Waals surface area (Å²) in [5.41, 5.74) is 9.61. The number of hydrogen-bond acceptors (Lipinski definition) is 13. The van der Waals surface area contributed by atoms with Gasteiger partial charge in [0.2, 0.25) is 5.91 Å². The maximum Gasteiger partial charge on any atom is 0.426 e. The number of nitrogens with two attached hydrogens (primary N) is 1. The monoisotopic (exact) mass is 682 g/mol. The molecule has 0 spiro atoms. The molecular formula is C29H43N6O11P. The van der Waals surface area contributed by atoms with E-state index in [4.69, 9.17) is 24.3 Å². The summed E-state index contributed by atoms with van der Waals surface area (Å²) in [5.74, 6) is -3.36. The number of aliphatic carboxylic acids is 1. The van der Waals surface area contributed by atoms with Crippen LogP contribution in [0, 0.1) is 0 Å². The Morgan fingerprint density at radius 1 is 1.09 bits per heavy atom. The topological polar surface area (TPSA) is 231 Å². The summed E-state index contributed by atoms with van der Waals surface area (Å²) in [4.78, 5) is 68.0. The van der Waals surface area contributed by atoms with Gasteiger partial charge in [-0.3, -0.25) is 24.1 Å². The number of carbonyl (C=O) groups is 4. The first-order chi connectivity index (χ1) is 22.1. The van der Waals surface area contributed by atoms with Crippen LogP contribution in [-0.2, 0) is 50.6 Å². The number of esters is 1. The van der Waals surface area contributed by atoms with Crippen molar-refractivity contribution in [3.05, 3.63) is 58.6 Å². The second-order valence-corrected chi connectivity index (χ2v) is 13.2. The molecule has 1 heterocycles. The Morgan fingerprint density at radius 2 is 1.72 bits per heavy atom. The van der Waals surface area contributed by atoms with Crippen molar-refractivity contribution in [2.75, 3.05) is 31.3 Å². The van der Waals surface area contributed by atoms with Gasteiger partial charge in [0.25, 0.3) is 0 Å². The SMILES string of the molecule is CCOP(=O)(CC[C@H](C(=O)O)N(CC(N)C(=O)OC(C)(C)C)C(=O)Cn1ccc(NNC(=O)OCc2ccccc2)nc1=O)OCC. The Kier molecular flexibility index (Phi) is 15.0. The Labute approximate surface area is 272 Å². The number of hydrazine groups is 1. The van der Waals surface area contributed by atoms with Crippen LogP contribution in [0.5, 0.6) is 0 Å². The van der Waals surface area contributed by atoms with E-state index in [1.807, 2.05) is 6.07 Å². The van der Waals surface area contributed by atoms with Gasteiger partial charge in [-0.15, -0.1) is 0 Å². The molecule has 0 saturated heterocycles. The van der Waals surface area contributed by atoms with E-state index in [0.717, 1.165) is 15.0 Å². The zero-order chi connectivity index (χ0) is 35.2. The zero-order valence-electron chi connectivity index (χ0n) is 27.0. The van der Waals surface area contributed by atoms with Gasteiger partial charge in [-0.1, -0.05) is 30.3 Å². The average Bonchev–Trinajstić information content (AvgIpc) is 2.99. The molecule has 0 aliphatic heterocycles. The molecule has 0 saturated carbocycles. The third-order valence-corrected chi connectivity index (χ3v) is 8.21. The second-order valence-electron chi connectivity index (χ2n) is 11.0. The minimum absolute atomic E-state index is 0.00567. The van der Waals surface area contributed by atoms with Crippen molar-refractivity contribution in [3.63, 3.8) is 0 Å². The van der Waals surface area contributed by atoms with Crippen molar-refractivity contribution in [1.29, 1.82) is 0 Å². The number of carboxylic acid groups (broad SMARTS) is 1. The lowest BCUT2D eigenvalue weighted by Gasteiger charge is -2.32. The van der Waals surface area contributed by atoms with Crippen LogP contribution in [0.4, 0.5) is 10.6 Å². The van der Waals surface area contributed by atoms with Crippen molar-refractivity contribution in [3.8, 4) is 0 Å². The lowest BCUT2D eigenvalue weighted by molar-refractivity contribution is -0.159. The fourth-order valence-corrected chi connectivity index (χ4v) is 5.73. The molecule has 1 aromatic carbocycles. The highest BCUT2D eigenvalue weighted by molar-refractivity contribution is 7.53. The van der Waals surface area contributed by atoms with Crippen LogP contribution in [0.3, 0.4) is 0 Å². The number of nitrogens with one attached hydrogen (secondary N) is 2. The lowest BCUT2D eigenvalue weighted by Crippen LogP contribution is -2.54. The highest BCUT2D eigenvalue weighted by Gasteiger charge is 2.36. The number of amides is 2. The Morgan fingerprint density at radius 3 is 2.28 bits per heavy atom. The minimum Gasteiger partial charge on any atom is -0.480 e. The summed E-state index contributed by atoms with van der Waals surface area (Å²) in [7, 11) is -3.71. The van der Waals surface area contributed by atoms with E-state index < -0.39 is 68.0 Å². The molecule has 1 aromatic heterocycles. The van der Waals surface area contributed by atoms with Gasteiger partial charge in [0.05, 0.1) is 19.4 Å². The molecule has 1 unspecified atom stereocenters. The number of rotatable bonds is 18. The summed E-state index contributed by atoms with van der Waals surface area (Å²) in [6, 6.07) is 7.12. The molecule has 2 rings (SSSR count). The van der Waals surface area contributed by atoms with E-state index in [1.54, 1.807) is 58.9 Å². The van der Waals surface area contributed by atoms with Gasteiger partial charge in [0, 0.05) is 12.7 Å². The molecule has 18 heteroatoms.